The van der Waals surface area contributed by atoms with Crippen LogP contribution in [-0.4, -0.2) is 40.5 Å². The van der Waals surface area contributed by atoms with Crippen LogP contribution in [0.5, 0.6) is 0 Å². The third-order valence-electron chi connectivity index (χ3n) is 3.81. The van der Waals surface area contributed by atoms with Gasteiger partial charge in [-0.15, -0.1) is 0 Å². The minimum Gasteiger partial charge on any atom is -0.480 e. The lowest BCUT2D eigenvalue weighted by Gasteiger charge is -2.36. The standard InChI is InChI=1S/C12H22N2O3/c1-12(2,11(16)17)14(3)10(15)8-4-6-9(13)7-5-8/h8-9H,4-7,13H2,1-3H3,(H,16,17). The number of carboxylic acid groups (broad SMARTS) is 1. The number of carbonyl (C=O) groups excluding carboxylic acids is 1. The fraction of sp³-hybridized carbons (Fsp3) is 0.833. The van der Waals surface area contributed by atoms with Crippen LogP contribution >= 0.6 is 0 Å². The van der Waals surface area contributed by atoms with Crippen molar-refractivity contribution in [3.8, 4) is 0 Å². The second-order valence-corrected chi connectivity index (χ2v) is 5.37. The Hall–Kier alpha value is -1.10. The maximum atomic E-state index is 12.2. The molecule has 1 aliphatic carbocycles. The highest BCUT2D eigenvalue weighted by Gasteiger charge is 2.38. The summed E-state index contributed by atoms with van der Waals surface area (Å²) < 4.78 is 0. The molecule has 0 saturated heterocycles. The molecule has 0 aliphatic heterocycles. The predicted molar refractivity (Wildman–Crippen MR) is 64.4 cm³/mol. The Balaban J connectivity index is 2.67. The summed E-state index contributed by atoms with van der Waals surface area (Å²) in [5, 5.41) is 9.09. The van der Waals surface area contributed by atoms with Crippen molar-refractivity contribution in [3.63, 3.8) is 0 Å². The van der Waals surface area contributed by atoms with Gasteiger partial charge in [0, 0.05) is 19.0 Å². The van der Waals surface area contributed by atoms with Gasteiger partial charge in [-0.05, 0) is 39.5 Å². The van der Waals surface area contributed by atoms with Crippen LogP contribution in [0.4, 0.5) is 0 Å². The molecule has 0 radical (unpaired) electrons. The van der Waals surface area contributed by atoms with E-state index in [1.807, 2.05) is 0 Å². The monoisotopic (exact) mass is 242 g/mol. The minimum atomic E-state index is -1.16. The topological polar surface area (TPSA) is 83.6 Å². The van der Waals surface area contributed by atoms with E-state index in [2.05, 4.69) is 0 Å². The molecule has 0 aromatic heterocycles. The lowest BCUT2D eigenvalue weighted by molar-refractivity contribution is -0.157. The van der Waals surface area contributed by atoms with Gasteiger partial charge in [0.05, 0.1) is 0 Å². The number of nitrogens with zero attached hydrogens (tertiary/aromatic N) is 1. The van der Waals surface area contributed by atoms with Gasteiger partial charge in [0.25, 0.3) is 0 Å². The molecule has 1 rings (SSSR count). The predicted octanol–water partition coefficient (Wildman–Crippen LogP) is 0.825. The molecular formula is C12H22N2O3. The van der Waals surface area contributed by atoms with Crippen LogP contribution in [0.3, 0.4) is 0 Å². The summed E-state index contributed by atoms with van der Waals surface area (Å²) in [5.41, 5.74) is 4.63. The average Bonchev–Trinajstić information content (AvgIpc) is 2.27. The highest BCUT2D eigenvalue weighted by Crippen LogP contribution is 2.27. The molecule has 0 bridgehead atoms. The number of likely N-dealkylation sites (N-methyl/N-ethyl adjacent to an activating group) is 1. The summed E-state index contributed by atoms with van der Waals surface area (Å²) in [6.07, 6.45) is 3.22. The molecule has 0 aromatic carbocycles. The first-order chi connectivity index (χ1) is 7.76. The van der Waals surface area contributed by atoms with Crippen LogP contribution in [0.1, 0.15) is 39.5 Å². The highest BCUT2D eigenvalue weighted by molar-refractivity contribution is 5.87. The van der Waals surface area contributed by atoms with Gasteiger partial charge in [-0.2, -0.15) is 0 Å². The first-order valence-corrected chi connectivity index (χ1v) is 6.03. The number of hydrogen-bond donors (Lipinski definition) is 2. The third kappa shape index (κ3) is 2.97. The summed E-state index contributed by atoms with van der Waals surface area (Å²) in [4.78, 5) is 24.6. The Morgan fingerprint density at radius 3 is 2.12 bits per heavy atom. The fourth-order valence-electron chi connectivity index (χ4n) is 2.06. The molecule has 0 spiro atoms. The zero-order chi connectivity index (χ0) is 13.2. The SMILES string of the molecule is CN(C(=O)C1CCC(N)CC1)C(C)(C)C(=O)O. The molecule has 3 N–H and O–H groups in total. The van der Waals surface area contributed by atoms with Gasteiger partial charge in [0.15, 0.2) is 0 Å². The second-order valence-electron chi connectivity index (χ2n) is 5.37. The van der Waals surface area contributed by atoms with Gasteiger partial charge in [-0.3, -0.25) is 4.79 Å². The summed E-state index contributed by atoms with van der Waals surface area (Å²) in [6.45, 7) is 3.09. The summed E-state index contributed by atoms with van der Waals surface area (Å²) >= 11 is 0. The van der Waals surface area contributed by atoms with Crippen LogP contribution in [0.25, 0.3) is 0 Å². The van der Waals surface area contributed by atoms with Crippen molar-refractivity contribution in [1.29, 1.82) is 0 Å². The van der Waals surface area contributed by atoms with Crippen molar-refractivity contribution in [2.24, 2.45) is 11.7 Å². The number of hydrogen-bond acceptors (Lipinski definition) is 3. The number of carboxylic acids is 1. The molecule has 5 heteroatoms. The van der Waals surface area contributed by atoms with Gasteiger partial charge in [0.2, 0.25) is 5.91 Å². The molecule has 17 heavy (non-hydrogen) atoms. The Bertz CT molecular complexity index is 307. The van der Waals surface area contributed by atoms with E-state index >= 15 is 0 Å². The molecule has 0 aromatic rings. The first kappa shape index (κ1) is 14.0. The zero-order valence-electron chi connectivity index (χ0n) is 10.8. The van der Waals surface area contributed by atoms with E-state index < -0.39 is 11.5 Å². The van der Waals surface area contributed by atoms with Gasteiger partial charge in [-0.1, -0.05) is 0 Å². The smallest absolute Gasteiger partial charge is 0.329 e. The van der Waals surface area contributed by atoms with E-state index in [9.17, 15) is 9.59 Å². The van der Waals surface area contributed by atoms with Crippen molar-refractivity contribution in [3.05, 3.63) is 0 Å². The van der Waals surface area contributed by atoms with Gasteiger partial charge >= 0.3 is 5.97 Å². The molecule has 1 aliphatic rings. The maximum absolute atomic E-state index is 12.2. The van der Waals surface area contributed by atoms with E-state index in [1.54, 1.807) is 20.9 Å². The van der Waals surface area contributed by atoms with Crippen LogP contribution in [0.2, 0.25) is 0 Å². The van der Waals surface area contributed by atoms with Gasteiger partial charge < -0.3 is 15.7 Å². The molecular weight excluding hydrogens is 220 g/mol. The molecule has 98 valence electrons. The van der Waals surface area contributed by atoms with Gasteiger partial charge in [0.1, 0.15) is 5.54 Å². The van der Waals surface area contributed by atoms with E-state index in [4.69, 9.17) is 10.8 Å². The Morgan fingerprint density at radius 1 is 1.24 bits per heavy atom. The molecule has 1 saturated carbocycles. The lowest BCUT2D eigenvalue weighted by Crippen LogP contribution is -2.53. The average molecular weight is 242 g/mol. The number of carbonyl (C=O) groups is 2. The normalized spacial score (nSPS) is 25.4. The number of rotatable bonds is 3. The quantitative estimate of drug-likeness (QED) is 0.767. The first-order valence-electron chi connectivity index (χ1n) is 6.03. The molecule has 1 amide bonds. The van der Waals surface area contributed by atoms with Gasteiger partial charge in [-0.25, -0.2) is 4.79 Å². The van der Waals surface area contributed by atoms with Crippen molar-refractivity contribution < 1.29 is 14.7 Å². The van der Waals surface area contributed by atoms with Crippen molar-refractivity contribution in [2.45, 2.75) is 51.1 Å². The molecule has 1 fully saturated rings. The van der Waals surface area contributed by atoms with Crippen LogP contribution in [-0.2, 0) is 9.59 Å². The maximum Gasteiger partial charge on any atom is 0.329 e. The summed E-state index contributed by atoms with van der Waals surface area (Å²) in [7, 11) is 1.56. The van der Waals surface area contributed by atoms with E-state index in [0.29, 0.717) is 0 Å². The summed E-state index contributed by atoms with van der Waals surface area (Å²) in [5.74, 6) is -1.14. The number of nitrogens with two attached hydrogens (primary N) is 1. The van der Waals surface area contributed by atoms with Crippen molar-refractivity contribution >= 4 is 11.9 Å². The molecule has 5 nitrogen and oxygen atoms in total. The third-order valence-corrected chi connectivity index (χ3v) is 3.81. The Morgan fingerprint density at radius 2 is 1.71 bits per heavy atom. The molecule has 0 atom stereocenters. The second kappa shape index (κ2) is 5.04. The Kier molecular flexibility index (Phi) is 4.14. The van der Waals surface area contributed by atoms with E-state index in [-0.39, 0.29) is 17.9 Å². The van der Waals surface area contributed by atoms with E-state index in [0.717, 1.165) is 25.7 Å². The number of amides is 1. The largest absolute Gasteiger partial charge is 0.480 e. The van der Waals surface area contributed by atoms with Crippen molar-refractivity contribution in [1.82, 2.24) is 4.90 Å². The lowest BCUT2D eigenvalue weighted by atomic mass is 9.85. The van der Waals surface area contributed by atoms with E-state index in [1.165, 1.54) is 4.90 Å². The van der Waals surface area contributed by atoms with Crippen molar-refractivity contribution in [2.75, 3.05) is 7.05 Å². The molecule has 0 heterocycles. The highest BCUT2D eigenvalue weighted by atomic mass is 16.4. The van der Waals surface area contributed by atoms with Crippen LogP contribution in [0, 0.1) is 5.92 Å². The van der Waals surface area contributed by atoms with Crippen LogP contribution < -0.4 is 5.73 Å². The fourth-order valence-corrected chi connectivity index (χ4v) is 2.06. The number of aliphatic carboxylic acids is 1. The minimum absolute atomic E-state index is 0.0709. The molecule has 0 unspecified atom stereocenters. The van der Waals surface area contributed by atoms with Crippen LogP contribution in [0.15, 0.2) is 0 Å². The Labute approximate surface area is 102 Å². The zero-order valence-corrected chi connectivity index (χ0v) is 10.8. The summed E-state index contributed by atoms with van der Waals surface area (Å²) in [6, 6.07) is 0.192.